The Morgan fingerprint density at radius 1 is 1.50 bits per heavy atom. The van der Waals surface area contributed by atoms with Gasteiger partial charge in [-0.2, -0.15) is 4.98 Å². The molecule has 0 radical (unpaired) electrons. The highest BCUT2D eigenvalue weighted by atomic mass is 32.1. The molecule has 20 heavy (non-hydrogen) atoms. The van der Waals surface area contributed by atoms with Gasteiger partial charge >= 0.3 is 0 Å². The van der Waals surface area contributed by atoms with Crippen molar-refractivity contribution in [1.82, 2.24) is 10.3 Å². The normalized spacial score (nSPS) is 21.1. The summed E-state index contributed by atoms with van der Waals surface area (Å²) in [6.45, 7) is 5.96. The zero-order valence-electron chi connectivity index (χ0n) is 12.7. The van der Waals surface area contributed by atoms with Crippen molar-refractivity contribution < 1.29 is 14.2 Å². The summed E-state index contributed by atoms with van der Waals surface area (Å²) in [6, 6.07) is 0. The van der Waals surface area contributed by atoms with Crippen LogP contribution in [-0.2, 0) is 16.0 Å². The molecule has 0 bridgehead atoms. The predicted octanol–water partition coefficient (Wildman–Crippen LogP) is 1.46. The molecule has 0 spiro atoms. The molecular formula is C13H23N3O3S. The number of rotatable bonds is 6. The van der Waals surface area contributed by atoms with Crippen LogP contribution in [0.1, 0.15) is 18.7 Å². The third-order valence-corrected chi connectivity index (χ3v) is 4.16. The molecule has 1 unspecified atom stereocenters. The summed E-state index contributed by atoms with van der Waals surface area (Å²) in [5.74, 6) is 0.224. The number of hydrogen-bond acceptors (Lipinski definition) is 7. The van der Waals surface area contributed by atoms with E-state index >= 15 is 0 Å². The molecule has 1 aliphatic rings. The molecule has 1 N–H and O–H groups in total. The van der Waals surface area contributed by atoms with Crippen LogP contribution < -0.4 is 15.0 Å². The van der Waals surface area contributed by atoms with Gasteiger partial charge in [-0.3, -0.25) is 0 Å². The summed E-state index contributed by atoms with van der Waals surface area (Å²) >= 11 is 1.63. The number of nitrogens with zero attached hydrogens (tertiary/aromatic N) is 2. The minimum atomic E-state index is -0.466. The van der Waals surface area contributed by atoms with Gasteiger partial charge in [0.1, 0.15) is 0 Å². The van der Waals surface area contributed by atoms with Gasteiger partial charge in [0.25, 0.3) is 0 Å². The number of methoxy groups -OCH3 is 1. The molecule has 7 heteroatoms. The minimum absolute atomic E-state index is 0.0947. The Bertz CT molecular complexity index is 448. The Labute approximate surface area is 124 Å². The Hall–Kier alpha value is -0.890. The van der Waals surface area contributed by atoms with Crippen LogP contribution in [-0.4, -0.2) is 51.2 Å². The van der Waals surface area contributed by atoms with Crippen molar-refractivity contribution in [2.24, 2.45) is 0 Å². The molecule has 2 heterocycles. The lowest BCUT2D eigenvalue weighted by atomic mass is 10.3. The lowest BCUT2D eigenvalue weighted by Crippen LogP contribution is -2.30. The van der Waals surface area contributed by atoms with Gasteiger partial charge in [0.2, 0.25) is 5.88 Å². The maximum atomic E-state index is 5.75. The van der Waals surface area contributed by atoms with Gasteiger partial charge in [-0.05, 0) is 13.8 Å². The molecule has 0 amide bonds. The molecule has 1 atom stereocenters. The predicted molar refractivity (Wildman–Crippen MR) is 79.6 cm³/mol. The molecule has 1 saturated heterocycles. The molecule has 1 fully saturated rings. The van der Waals surface area contributed by atoms with Crippen LogP contribution in [0.5, 0.6) is 5.88 Å². The van der Waals surface area contributed by atoms with E-state index in [-0.39, 0.29) is 6.10 Å². The highest BCUT2D eigenvalue weighted by molar-refractivity contribution is 7.15. The van der Waals surface area contributed by atoms with Crippen molar-refractivity contribution >= 4 is 16.5 Å². The maximum absolute atomic E-state index is 5.75. The Balaban J connectivity index is 1.85. The van der Waals surface area contributed by atoms with E-state index in [0.717, 1.165) is 23.1 Å². The van der Waals surface area contributed by atoms with Gasteiger partial charge in [0.15, 0.2) is 10.9 Å². The lowest BCUT2D eigenvalue weighted by molar-refractivity contribution is -0.137. The van der Waals surface area contributed by atoms with Gasteiger partial charge in [-0.25, -0.2) is 0 Å². The van der Waals surface area contributed by atoms with Gasteiger partial charge in [-0.1, -0.05) is 11.3 Å². The summed E-state index contributed by atoms with van der Waals surface area (Å²) in [7, 11) is 5.59. The number of anilines is 1. The van der Waals surface area contributed by atoms with Crippen LogP contribution in [0.2, 0.25) is 0 Å². The van der Waals surface area contributed by atoms with E-state index in [4.69, 9.17) is 14.2 Å². The van der Waals surface area contributed by atoms with Crippen molar-refractivity contribution in [2.75, 3.05) is 39.3 Å². The number of nitrogens with one attached hydrogen (secondary N) is 1. The number of thiazole rings is 1. The quantitative estimate of drug-likeness (QED) is 0.858. The first kappa shape index (κ1) is 15.5. The number of ether oxygens (including phenoxy) is 3. The van der Waals surface area contributed by atoms with E-state index < -0.39 is 5.79 Å². The second kappa shape index (κ2) is 6.26. The second-order valence-electron chi connectivity index (χ2n) is 5.40. The largest absolute Gasteiger partial charge is 0.480 e. The van der Waals surface area contributed by atoms with Crippen LogP contribution in [0.25, 0.3) is 0 Å². The monoisotopic (exact) mass is 301 g/mol. The zero-order chi connectivity index (χ0) is 14.8. The molecule has 1 aliphatic heterocycles. The topological polar surface area (TPSA) is 55.9 Å². The number of hydrogen-bond donors (Lipinski definition) is 1. The van der Waals surface area contributed by atoms with Crippen molar-refractivity contribution in [3.8, 4) is 5.88 Å². The molecule has 114 valence electrons. The number of aromatic nitrogens is 1. The summed E-state index contributed by atoms with van der Waals surface area (Å²) in [5.41, 5.74) is 0. The first-order valence-electron chi connectivity index (χ1n) is 6.65. The molecule has 6 nitrogen and oxygen atoms in total. The molecule has 0 aromatic carbocycles. The zero-order valence-corrected chi connectivity index (χ0v) is 13.5. The average Bonchev–Trinajstić information content (AvgIpc) is 2.93. The van der Waals surface area contributed by atoms with E-state index in [1.54, 1.807) is 18.4 Å². The van der Waals surface area contributed by atoms with Crippen molar-refractivity contribution in [2.45, 2.75) is 32.3 Å². The highest BCUT2D eigenvalue weighted by Crippen LogP contribution is 2.30. The van der Waals surface area contributed by atoms with Crippen LogP contribution in [0, 0.1) is 0 Å². The lowest BCUT2D eigenvalue weighted by Gasteiger charge is -2.17. The van der Waals surface area contributed by atoms with E-state index in [1.807, 2.05) is 32.8 Å². The summed E-state index contributed by atoms with van der Waals surface area (Å²) in [5, 5.41) is 4.32. The van der Waals surface area contributed by atoms with E-state index in [0.29, 0.717) is 12.5 Å². The molecular weight excluding hydrogens is 278 g/mol. The van der Waals surface area contributed by atoms with E-state index in [2.05, 4.69) is 10.3 Å². The van der Waals surface area contributed by atoms with Gasteiger partial charge in [0, 0.05) is 27.2 Å². The average molecular weight is 301 g/mol. The smallest absolute Gasteiger partial charge is 0.230 e. The maximum Gasteiger partial charge on any atom is 0.230 e. The summed E-state index contributed by atoms with van der Waals surface area (Å²) < 4.78 is 16.6. The van der Waals surface area contributed by atoms with Crippen LogP contribution in [0.4, 0.5) is 5.13 Å². The van der Waals surface area contributed by atoms with Crippen LogP contribution in [0.3, 0.4) is 0 Å². The molecule has 1 aromatic rings. The molecule has 1 aromatic heterocycles. The Kier molecular flexibility index (Phi) is 4.85. The molecule has 0 aliphatic carbocycles. The minimum Gasteiger partial charge on any atom is -0.480 e. The fraction of sp³-hybridized carbons (Fsp3) is 0.769. The summed E-state index contributed by atoms with van der Waals surface area (Å²) in [4.78, 5) is 7.50. The van der Waals surface area contributed by atoms with E-state index in [1.165, 1.54) is 0 Å². The Morgan fingerprint density at radius 3 is 2.80 bits per heavy atom. The van der Waals surface area contributed by atoms with Crippen molar-refractivity contribution in [3.05, 3.63) is 4.88 Å². The summed E-state index contributed by atoms with van der Waals surface area (Å²) in [6.07, 6.45) is 0.0947. The van der Waals surface area contributed by atoms with Gasteiger partial charge in [0.05, 0.1) is 24.7 Å². The van der Waals surface area contributed by atoms with Crippen LogP contribution >= 0.6 is 11.3 Å². The van der Waals surface area contributed by atoms with Crippen molar-refractivity contribution in [3.63, 3.8) is 0 Å². The Morgan fingerprint density at radius 2 is 2.25 bits per heavy atom. The third-order valence-electron chi connectivity index (χ3n) is 2.95. The first-order chi connectivity index (χ1) is 9.41. The van der Waals surface area contributed by atoms with Gasteiger partial charge < -0.3 is 24.4 Å². The highest BCUT2D eigenvalue weighted by Gasteiger charge is 2.32. The fourth-order valence-electron chi connectivity index (χ4n) is 2.00. The fourth-order valence-corrected chi connectivity index (χ4v) is 2.92. The van der Waals surface area contributed by atoms with Crippen LogP contribution in [0.15, 0.2) is 0 Å². The molecule has 0 saturated carbocycles. The van der Waals surface area contributed by atoms with E-state index in [9.17, 15) is 0 Å². The standard InChI is InChI=1S/C13H23N3O3S/c1-13(2)18-8-9(19-13)6-14-7-10-11(17-5)15-12(20-10)16(3)4/h9,14H,6-8H2,1-5H3. The first-order valence-corrected chi connectivity index (χ1v) is 7.46. The SMILES string of the molecule is COc1nc(N(C)C)sc1CNCC1COC(C)(C)O1. The second-order valence-corrected chi connectivity index (χ2v) is 6.47. The van der Waals surface area contributed by atoms with Gasteiger partial charge in [-0.15, -0.1) is 0 Å². The third kappa shape index (κ3) is 3.82. The molecule has 2 rings (SSSR count). The van der Waals surface area contributed by atoms with Crippen molar-refractivity contribution in [1.29, 1.82) is 0 Å².